The molecule has 1 amide bonds. The van der Waals surface area contributed by atoms with Crippen molar-refractivity contribution in [1.82, 2.24) is 29.8 Å². The van der Waals surface area contributed by atoms with Gasteiger partial charge in [-0.3, -0.25) is 9.78 Å². The minimum atomic E-state index is -1.34. The number of nitrogens with zero attached hydrogens (tertiary/aromatic N) is 5. The van der Waals surface area contributed by atoms with Gasteiger partial charge in [0.05, 0.1) is 6.33 Å². The molecule has 0 fully saturated rings. The summed E-state index contributed by atoms with van der Waals surface area (Å²) in [5, 5.41) is 27.5. The number of amides is 1. The van der Waals surface area contributed by atoms with Crippen molar-refractivity contribution in [3.63, 3.8) is 0 Å². The third-order valence-electron chi connectivity index (χ3n) is 6.72. The molecule has 170 valence electrons. The van der Waals surface area contributed by atoms with E-state index in [4.69, 9.17) is 0 Å². The van der Waals surface area contributed by atoms with Gasteiger partial charge < -0.3 is 25.4 Å². The quantitative estimate of drug-likeness (QED) is 0.448. The summed E-state index contributed by atoms with van der Waals surface area (Å²) in [5.41, 5.74) is -0.957. The summed E-state index contributed by atoms with van der Waals surface area (Å²) >= 11 is 0. The minimum Gasteiger partial charge on any atom is -0.508 e. The van der Waals surface area contributed by atoms with Gasteiger partial charge in [0.2, 0.25) is 11.7 Å². The molecule has 3 heterocycles. The van der Waals surface area contributed by atoms with Gasteiger partial charge in [0, 0.05) is 38.0 Å². The van der Waals surface area contributed by atoms with Gasteiger partial charge in [0.1, 0.15) is 16.7 Å². The van der Waals surface area contributed by atoms with Crippen molar-refractivity contribution >= 4 is 22.9 Å². The fourth-order valence-corrected chi connectivity index (χ4v) is 4.38. The molecule has 33 heavy (non-hydrogen) atoms. The molecule has 1 aliphatic carbocycles. The first-order chi connectivity index (χ1) is 15.7. The summed E-state index contributed by atoms with van der Waals surface area (Å²) in [6, 6.07) is 3.61. The number of allylic oxidation sites excluding steroid dienone is 1. The zero-order chi connectivity index (χ0) is 24.0. The van der Waals surface area contributed by atoms with Gasteiger partial charge in [-0.2, -0.15) is 0 Å². The van der Waals surface area contributed by atoms with Crippen LogP contribution in [0.25, 0.3) is 11.2 Å². The number of carbonyl (C=O) groups excluding carboxylic acids is 1. The first-order valence-corrected chi connectivity index (χ1v) is 10.4. The van der Waals surface area contributed by atoms with Crippen LogP contribution in [-0.4, -0.2) is 54.7 Å². The number of aliphatic hydroxyl groups excluding tert-OH is 2. The molecule has 0 aromatic carbocycles. The van der Waals surface area contributed by atoms with Gasteiger partial charge in [-0.05, 0) is 31.9 Å². The average Bonchev–Trinajstić information content (AvgIpc) is 3.33. The summed E-state index contributed by atoms with van der Waals surface area (Å²) in [7, 11) is 3.21. The van der Waals surface area contributed by atoms with E-state index in [0.29, 0.717) is 22.5 Å². The monoisotopic (exact) mass is 447 g/mol. The predicted octanol–water partition coefficient (Wildman–Crippen LogP) is 2.11. The van der Waals surface area contributed by atoms with E-state index in [-0.39, 0.29) is 17.3 Å². The highest BCUT2D eigenvalue weighted by Gasteiger charge is 2.61. The molecular formula is C23H25N7O3. The molecule has 3 aromatic rings. The van der Waals surface area contributed by atoms with Crippen molar-refractivity contribution < 1.29 is 15.0 Å². The summed E-state index contributed by atoms with van der Waals surface area (Å²) < 4.78 is 1.66. The number of fused-ring (bicyclic) bond motifs is 1. The maximum atomic E-state index is 12.7. The number of aliphatic hydroxyl groups is 2. The van der Waals surface area contributed by atoms with Crippen LogP contribution in [0.3, 0.4) is 0 Å². The van der Waals surface area contributed by atoms with Crippen molar-refractivity contribution in [2.45, 2.75) is 26.3 Å². The maximum Gasteiger partial charge on any atom is 0.233 e. The first-order valence-electron chi connectivity index (χ1n) is 10.4. The zero-order valence-electron chi connectivity index (χ0n) is 19.0. The molecule has 0 radical (unpaired) electrons. The second kappa shape index (κ2) is 7.78. The summed E-state index contributed by atoms with van der Waals surface area (Å²) in [4.78, 5) is 30.2. The van der Waals surface area contributed by atoms with Crippen molar-refractivity contribution in [3.8, 4) is 11.8 Å². The van der Waals surface area contributed by atoms with E-state index in [1.807, 2.05) is 6.07 Å². The number of imidazole rings is 1. The van der Waals surface area contributed by atoms with Crippen LogP contribution < -0.4 is 10.6 Å². The Morgan fingerprint density at radius 1 is 1.18 bits per heavy atom. The van der Waals surface area contributed by atoms with Gasteiger partial charge in [-0.1, -0.05) is 12.8 Å². The van der Waals surface area contributed by atoms with Crippen molar-refractivity contribution in [1.29, 1.82) is 0 Å². The van der Waals surface area contributed by atoms with Crippen LogP contribution in [0.2, 0.25) is 0 Å². The van der Waals surface area contributed by atoms with Crippen LogP contribution >= 0.6 is 0 Å². The first kappa shape index (κ1) is 22.1. The lowest BCUT2D eigenvalue weighted by atomic mass is 9.73. The maximum absolute atomic E-state index is 12.7. The Hall–Kier alpha value is -4.13. The summed E-state index contributed by atoms with van der Waals surface area (Å²) in [6.07, 6.45) is 4.83. The van der Waals surface area contributed by atoms with Crippen LogP contribution in [0, 0.1) is 23.2 Å². The van der Waals surface area contributed by atoms with Gasteiger partial charge in [-0.15, -0.1) is 0 Å². The van der Waals surface area contributed by atoms with Crippen molar-refractivity contribution in [2.24, 2.45) is 11.3 Å². The van der Waals surface area contributed by atoms with Crippen molar-refractivity contribution in [3.05, 3.63) is 53.8 Å². The van der Waals surface area contributed by atoms with Gasteiger partial charge in [-0.25, -0.2) is 15.0 Å². The minimum absolute atomic E-state index is 0.244. The molecule has 3 atom stereocenters. The van der Waals surface area contributed by atoms with Crippen LogP contribution in [0.5, 0.6) is 0 Å². The molecule has 0 bridgehead atoms. The Labute approximate surface area is 190 Å². The molecule has 4 rings (SSSR count). The molecule has 10 nitrogen and oxygen atoms in total. The fourth-order valence-electron chi connectivity index (χ4n) is 4.38. The van der Waals surface area contributed by atoms with Crippen LogP contribution in [-0.2, 0) is 10.3 Å². The third-order valence-corrected chi connectivity index (χ3v) is 6.72. The molecule has 1 unspecified atom stereocenters. The molecular weight excluding hydrogens is 422 g/mol. The van der Waals surface area contributed by atoms with Crippen LogP contribution in [0.1, 0.15) is 32.2 Å². The van der Waals surface area contributed by atoms with E-state index in [9.17, 15) is 15.0 Å². The standard InChI is InChI=1S/C23H25N7O3/c1-13-22(2,21(33)25-5)17(31)18(32)23(13,3)30-12-27-16-19(24-4)28-15(29-20(16)30)9-8-14-7-6-10-26-11-14/h6-7,10-13,31-32H,1-5H3,(H,25,33)(H,24,28,29)/t13-,22?,23-/m0/s1. The second-order valence-corrected chi connectivity index (χ2v) is 8.27. The number of carbonyl (C=O) groups is 1. The number of pyridine rings is 1. The molecule has 10 heteroatoms. The number of rotatable bonds is 3. The number of aromatic nitrogens is 5. The molecule has 0 aliphatic heterocycles. The van der Waals surface area contributed by atoms with E-state index in [0.717, 1.165) is 0 Å². The molecule has 0 saturated heterocycles. The zero-order valence-corrected chi connectivity index (χ0v) is 19.0. The highest BCUT2D eigenvalue weighted by Crippen LogP contribution is 2.55. The Morgan fingerprint density at radius 3 is 2.58 bits per heavy atom. The van der Waals surface area contributed by atoms with Crippen LogP contribution in [0.4, 0.5) is 5.82 Å². The van der Waals surface area contributed by atoms with E-state index < -0.39 is 22.8 Å². The molecule has 1 aliphatic rings. The van der Waals surface area contributed by atoms with E-state index in [1.54, 1.807) is 50.8 Å². The predicted molar refractivity (Wildman–Crippen MR) is 122 cm³/mol. The number of anilines is 1. The van der Waals surface area contributed by atoms with E-state index in [1.165, 1.54) is 13.4 Å². The molecule has 0 saturated carbocycles. The van der Waals surface area contributed by atoms with E-state index in [2.05, 4.69) is 42.4 Å². The SMILES string of the molecule is CNC(=O)C1(C)C(O)=C(O)[C@@](C)(n2cnc3c(NC)nc(C#Cc4cccnc4)nc32)[C@H]1C. The smallest absolute Gasteiger partial charge is 0.233 e. The number of nitrogens with one attached hydrogen (secondary N) is 2. The Bertz CT molecular complexity index is 1340. The van der Waals surface area contributed by atoms with Crippen molar-refractivity contribution in [2.75, 3.05) is 19.4 Å². The lowest BCUT2D eigenvalue weighted by Crippen LogP contribution is -2.47. The number of hydrogen-bond donors (Lipinski definition) is 4. The van der Waals surface area contributed by atoms with Gasteiger partial charge in [0.15, 0.2) is 22.7 Å². The molecule has 3 aromatic heterocycles. The normalized spacial score (nSPS) is 24.5. The highest BCUT2D eigenvalue weighted by molar-refractivity contribution is 5.87. The summed E-state index contributed by atoms with van der Waals surface area (Å²) in [5.74, 6) is 5.00. The Morgan fingerprint density at radius 2 is 1.94 bits per heavy atom. The molecule has 4 N–H and O–H groups in total. The lowest BCUT2D eigenvalue weighted by Gasteiger charge is -2.37. The number of hydrogen-bond acceptors (Lipinski definition) is 8. The van der Waals surface area contributed by atoms with Gasteiger partial charge >= 0.3 is 0 Å². The van der Waals surface area contributed by atoms with E-state index >= 15 is 0 Å². The second-order valence-electron chi connectivity index (χ2n) is 8.27. The lowest BCUT2D eigenvalue weighted by molar-refractivity contribution is -0.132. The Kier molecular flexibility index (Phi) is 5.20. The largest absolute Gasteiger partial charge is 0.508 e. The third kappa shape index (κ3) is 3.08. The van der Waals surface area contributed by atoms with Crippen LogP contribution in [0.15, 0.2) is 42.4 Å². The average molecular weight is 447 g/mol. The molecule has 0 spiro atoms. The topological polar surface area (TPSA) is 138 Å². The fraction of sp³-hybridized carbons (Fsp3) is 0.348. The Balaban J connectivity index is 1.90. The highest BCUT2D eigenvalue weighted by atomic mass is 16.3. The summed E-state index contributed by atoms with van der Waals surface area (Å²) in [6.45, 7) is 5.13. The van der Waals surface area contributed by atoms with Gasteiger partial charge in [0.25, 0.3) is 0 Å².